The van der Waals surface area contributed by atoms with Gasteiger partial charge in [0.25, 0.3) is 0 Å². The molecule has 0 amide bonds. The van der Waals surface area contributed by atoms with Gasteiger partial charge in [-0.05, 0) is 39.3 Å². The lowest BCUT2D eigenvalue weighted by Gasteiger charge is -2.33. The summed E-state index contributed by atoms with van der Waals surface area (Å²) in [6, 6.07) is 1.62. The highest BCUT2D eigenvalue weighted by atomic mass is 32.2. The maximum absolute atomic E-state index is 3.58. The molecule has 2 fully saturated rings. The minimum atomic E-state index is 0.801. The molecule has 0 aromatic carbocycles. The van der Waals surface area contributed by atoms with Gasteiger partial charge in [-0.1, -0.05) is 0 Å². The van der Waals surface area contributed by atoms with E-state index in [1.54, 1.807) is 0 Å². The summed E-state index contributed by atoms with van der Waals surface area (Å²) in [5, 5.41) is 3.58. The van der Waals surface area contributed by atoms with Crippen LogP contribution in [0.15, 0.2) is 0 Å². The largest absolute Gasteiger partial charge is 0.314 e. The Labute approximate surface area is 91.8 Å². The lowest BCUT2D eigenvalue weighted by atomic mass is 10.1. The average Bonchev–Trinajstić information content (AvgIpc) is 2.69. The molecular formula is C11H22N2S. The molecule has 0 saturated carbocycles. The molecule has 2 nitrogen and oxygen atoms in total. The predicted octanol–water partition coefficient (Wildman–Crippen LogP) is 1.57. The van der Waals surface area contributed by atoms with Crippen molar-refractivity contribution >= 4 is 11.8 Å². The van der Waals surface area contributed by atoms with E-state index in [0.29, 0.717) is 0 Å². The number of thioether (sulfide) groups is 1. The van der Waals surface area contributed by atoms with E-state index >= 15 is 0 Å². The first-order valence-corrected chi connectivity index (χ1v) is 7.07. The van der Waals surface area contributed by atoms with Crippen LogP contribution in [0.4, 0.5) is 0 Å². The second-order valence-corrected chi connectivity index (χ2v) is 5.69. The molecule has 0 aliphatic carbocycles. The third kappa shape index (κ3) is 2.88. The number of nitrogens with one attached hydrogen (secondary N) is 1. The van der Waals surface area contributed by atoms with Crippen molar-refractivity contribution in [2.24, 2.45) is 0 Å². The van der Waals surface area contributed by atoms with Crippen LogP contribution in [0, 0.1) is 0 Å². The van der Waals surface area contributed by atoms with Crippen LogP contribution < -0.4 is 5.32 Å². The molecule has 2 saturated heterocycles. The van der Waals surface area contributed by atoms with Crippen molar-refractivity contribution in [3.05, 3.63) is 0 Å². The van der Waals surface area contributed by atoms with Crippen LogP contribution in [-0.2, 0) is 0 Å². The Kier molecular flexibility index (Phi) is 4.14. The summed E-state index contributed by atoms with van der Waals surface area (Å²) in [6.45, 7) is 6.22. The van der Waals surface area contributed by atoms with Crippen LogP contribution in [0.3, 0.4) is 0 Å². The van der Waals surface area contributed by atoms with Crippen molar-refractivity contribution < 1.29 is 0 Å². The molecule has 14 heavy (non-hydrogen) atoms. The maximum atomic E-state index is 3.58. The van der Waals surface area contributed by atoms with Gasteiger partial charge >= 0.3 is 0 Å². The zero-order chi connectivity index (χ0) is 9.80. The lowest BCUT2D eigenvalue weighted by Crippen LogP contribution is -2.42. The Balaban J connectivity index is 1.67. The molecule has 0 bridgehead atoms. The quantitative estimate of drug-likeness (QED) is 0.768. The molecule has 0 spiro atoms. The van der Waals surface area contributed by atoms with E-state index in [-0.39, 0.29) is 0 Å². The Morgan fingerprint density at radius 2 is 2.43 bits per heavy atom. The van der Waals surface area contributed by atoms with Crippen LogP contribution in [0.5, 0.6) is 0 Å². The summed E-state index contributed by atoms with van der Waals surface area (Å²) >= 11 is 2.11. The molecule has 0 aromatic heterocycles. The predicted molar refractivity (Wildman–Crippen MR) is 64.0 cm³/mol. The smallest absolute Gasteiger partial charge is 0.0158 e. The Morgan fingerprint density at radius 1 is 1.50 bits per heavy atom. The number of rotatable bonds is 3. The van der Waals surface area contributed by atoms with Crippen molar-refractivity contribution in [1.82, 2.24) is 10.2 Å². The first-order chi connectivity index (χ1) is 6.86. The zero-order valence-electron chi connectivity index (χ0n) is 9.17. The van der Waals surface area contributed by atoms with E-state index in [1.807, 2.05) is 0 Å². The summed E-state index contributed by atoms with van der Waals surface area (Å²) in [4.78, 5) is 2.66. The highest BCUT2D eigenvalue weighted by molar-refractivity contribution is 7.99. The van der Waals surface area contributed by atoms with E-state index in [1.165, 1.54) is 50.4 Å². The van der Waals surface area contributed by atoms with Crippen molar-refractivity contribution in [2.75, 3.05) is 31.1 Å². The number of hydrogen-bond acceptors (Lipinski definition) is 3. The standard InChI is InChI=1S/C11H22N2S/c1-10-9-14-8-7-13(10)6-4-11-3-2-5-12-11/h10-12H,2-9H2,1H3. The fourth-order valence-electron chi connectivity index (χ4n) is 2.42. The number of hydrogen-bond donors (Lipinski definition) is 1. The summed E-state index contributed by atoms with van der Waals surface area (Å²) in [5.74, 6) is 2.67. The lowest BCUT2D eigenvalue weighted by molar-refractivity contribution is 0.221. The van der Waals surface area contributed by atoms with Crippen molar-refractivity contribution in [1.29, 1.82) is 0 Å². The summed E-state index contributed by atoms with van der Waals surface area (Å²) in [7, 11) is 0. The topological polar surface area (TPSA) is 15.3 Å². The Hall–Kier alpha value is 0.270. The van der Waals surface area contributed by atoms with Gasteiger partial charge < -0.3 is 5.32 Å². The normalized spacial score (nSPS) is 34.9. The van der Waals surface area contributed by atoms with Crippen molar-refractivity contribution in [3.63, 3.8) is 0 Å². The molecule has 2 aliphatic heterocycles. The first kappa shape index (κ1) is 10.8. The zero-order valence-corrected chi connectivity index (χ0v) is 9.98. The summed E-state index contributed by atoms with van der Waals surface area (Å²) < 4.78 is 0. The molecule has 2 atom stereocenters. The van der Waals surface area contributed by atoms with Gasteiger partial charge in [0.15, 0.2) is 0 Å². The fraction of sp³-hybridized carbons (Fsp3) is 1.00. The summed E-state index contributed by atoms with van der Waals surface area (Å²) in [5.41, 5.74) is 0. The maximum Gasteiger partial charge on any atom is 0.0158 e. The SMILES string of the molecule is CC1CSCCN1CCC1CCCN1. The van der Waals surface area contributed by atoms with Gasteiger partial charge in [0.05, 0.1) is 0 Å². The summed E-state index contributed by atoms with van der Waals surface area (Å²) in [6.07, 6.45) is 4.14. The van der Waals surface area contributed by atoms with Gasteiger partial charge in [0.1, 0.15) is 0 Å². The Bertz CT molecular complexity index is 169. The van der Waals surface area contributed by atoms with Gasteiger partial charge in [0, 0.05) is 30.1 Å². The highest BCUT2D eigenvalue weighted by Gasteiger charge is 2.20. The molecule has 0 radical (unpaired) electrons. The minimum Gasteiger partial charge on any atom is -0.314 e. The molecule has 2 rings (SSSR count). The van der Waals surface area contributed by atoms with Gasteiger partial charge in [-0.15, -0.1) is 0 Å². The molecule has 1 N–H and O–H groups in total. The monoisotopic (exact) mass is 214 g/mol. The van der Waals surface area contributed by atoms with Crippen LogP contribution in [0.1, 0.15) is 26.2 Å². The van der Waals surface area contributed by atoms with Crippen LogP contribution in [-0.4, -0.2) is 48.1 Å². The van der Waals surface area contributed by atoms with Gasteiger partial charge in [-0.25, -0.2) is 0 Å². The van der Waals surface area contributed by atoms with E-state index < -0.39 is 0 Å². The average molecular weight is 214 g/mol. The van der Waals surface area contributed by atoms with Crippen LogP contribution in [0.2, 0.25) is 0 Å². The second-order valence-electron chi connectivity index (χ2n) is 4.54. The highest BCUT2D eigenvalue weighted by Crippen LogP contribution is 2.17. The van der Waals surface area contributed by atoms with E-state index in [4.69, 9.17) is 0 Å². The molecule has 2 aliphatic rings. The van der Waals surface area contributed by atoms with Gasteiger partial charge in [-0.3, -0.25) is 4.90 Å². The molecular weight excluding hydrogens is 192 g/mol. The van der Waals surface area contributed by atoms with E-state index in [9.17, 15) is 0 Å². The molecule has 2 unspecified atom stereocenters. The minimum absolute atomic E-state index is 0.801. The van der Waals surface area contributed by atoms with Crippen LogP contribution in [0.25, 0.3) is 0 Å². The van der Waals surface area contributed by atoms with E-state index in [0.717, 1.165) is 12.1 Å². The van der Waals surface area contributed by atoms with Crippen LogP contribution >= 0.6 is 11.8 Å². The van der Waals surface area contributed by atoms with E-state index in [2.05, 4.69) is 28.9 Å². The molecule has 2 heterocycles. The molecule has 82 valence electrons. The third-order valence-corrected chi connectivity index (χ3v) is 4.62. The van der Waals surface area contributed by atoms with Crippen molar-refractivity contribution in [2.45, 2.75) is 38.3 Å². The van der Waals surface area contributed by atoms with Gasteiger partial charge in [-0.2, -0.15) is 11.8 Å². The van der Waals surface area contributed by atoms with Gasteiger partial charge in [0.2, 0.25) is 0 Å². The van der Waals surface area contributed by atoms with Crippen molar-refractivity contribution in [3.8, 4) is 0 Å². The first-order valence-electron chi connectivity index (χ1n) is 5.91. The molecule has 3 heteroatoms. The third-order valence-electron chi connectivity index (χ3n) is 3.43. The Morgan fingerprint density at radius 3 is 3.14 bits per heavy atom. The fourth-order valence-corrected chi connectivity index (χ4v) is 3.50. The molecule has 0 aromatic rings. The second kappa shape index (κ2) is 5.38. The number of nitrogens with zero attached hydrogens (tertiary/aromatic N) is 1.